The second-order valence-electron chi connectivity index (χ2n) is 3.25. The Morgan fingerprint density at radius 1 is 1.38 bits per heavy atom. The maximum Gasteiger partial charge on any atom is 0.169 e. The van der Waals surface area contributed by atoms with Gasteiger partial charge in [-0.25, -0.2) is 0 Å². The van der Waals surface area contributed by atoms with Gasteiger partial charge in [0, 0.05) is 6.54 Å². The molecule has 0 aromatic carbocycles. The number of allylic oxidation sites excluding steroid dienone is 2. The summed E-state index contributed by atoms with van der Waals surface area (Å²) in [5.41, 5.74) is 7.36. The van der Waals surface area contributed by atoms with Crippen LogP contribution in [0.5, 0.6) is 0 Å². The van der Waals surface area contributed by atoms with Gasteiger partial charge in [-0.15, -0.1) is 5.10 Å². The Morgan fingerprint density at radius 3 is 2.69 bits per heavy atom. The second kappa shape index (κ2) is 5.69. The fraction of sp³-hybridized carbons (Fsp3) is 0.300. The van der Waals surface area contributed by atoms with E-state index in [1.807, 2.05) is 18.2 Å². The number of nitrogens with one attached hydrogen (secondary N) is 1. The van der Waals surface area contributed by atoms with Crippen molar-refractivity contribution in [3.63, 3.8) is 0 Å². The Labute approximate surface area is 93.9 Å². The van der Waals surface area contributed by atoms with Crippen LogP contribution in [-0.4, -0.2) is 29.0 Å². The summed E-state index contributed by atoms with van der Waals surface area (Å²) in [7, 11) is 0. The van der Waals surface area contributed by atoms with E-state index in [9.17, 15) is 0 Å². The molecule has 0 amide bonds. The van der Waals surface area contributed by atoms with Crippen molar-refractivity contribution in [3.8, 4) is 0 Å². The molecule has 86 valence electrons. The molecule has 0 atom stereocenters. The molecule has 1 heterocycles. The molecule has 0 fully saturated rings. The van der Waals surface area contributed by atoms with Gasteiger partial charge >= 0.3 is 0 Å². The molecule has 0 saturated carbocycles. The zero-order chi connectivity index (χ0) is 12.0. The third kappa shape index (κ3) is 3.23. The van der Waals surface area contributed by atoms with Gasteiger partial charge in [0.2, 0.25) is 0 Å². The molecule has 0 unspecified atom stereocenters. The molecule has 1 rings (SSSR count). The zero-order valence-corrected chi connectivity index (χ0v) is 9.31. The van der Waals surface area contributed by atoms with Crippen LogP contribution in [0.15, 0.2) is 39.3 Å². The number of hydrogen-bond acceptors (Lipinski definition) is 5. The van der Waals surface area contributed by atoms with Gasteiger partial charge in [0.15, 0.2) is 5.84 Å². The number of rotatable bonds is 3. The number of dihydropyridines is 1. The van der Waals surface area contributed by atoms with Crippen molar-refractivity contribution in [3.05, 3.63) is 23.9 Å². The molecule has 0 spiro atoms. The molecule has 0 aromatic heterocycles. The molecule has 0 aromatic rings. The lowest BCUT2D eigenvalue weighted by Gasteiger charge is -2.09. The topological polar surface area (TPSA) is 95.4 Å². The molecular formula is C10H15N5O. The lowest BCUT2D eigenvalue weighted by molar-refractivity contribution is 0.320. The average Bonchev–Trinajstić information content (AvgIpc) is 2.35. The van der Waals surface area contributed by atoms with E-state index in [4.69, 9.17) is 10.9 Å². The summed E-state index contributed by atoms with van der Waals surface area (Å²) < 4.78 is 0. The molecule has 1 aliphatic heterocycles. The Balaban J connectivity index is 2.78. The van der Waals surface area contributed by atoms with E-state index in [1.165, 1.54) is 0 Å². The van der Waals surface area contributed by atoms with E-state index in [2.05, 4.69) is 20.7 Å². The lowest BCUT2D eigenvalue weighted by atomic mass is 10.3. The van der Waals surface area contributed by atoms with Crippen molar-refractivity contribution in [2.24, 2.45) is 21.1 Å². The van der Waals surface area contributed by atoms with Gasteiger partial charge < -0.3 is 16.3 Å². The molecule has 4 N–H and O–H groups in total. The van der Waals surface area contributed by atoms with E-state index in [1.54, 1.807) is 13.8 Å². The summed E-state index contributed by atoms with van der Waals surface area (Å²) in [6, 6.07) is 0. The second-order valence-corrected chi connectivity index (χ2v) is 3.25. The molecule has 16 heavy (non-hydrogen) atoms. The maximum absolute atomic E-state index is 8.51. The Kier molecular flexibility index (Phi) is 4.26. The van der Waals surface area contributed by atoms with Crippen LogP contribution in [0.1, 0.15) is 13.8 Å². The van der Waals surface area contributed by atoms with Crippen molar-refractivity contribution >= 4 is 17.3 Å². The molecule has 0 aliphatic carbocycles. The first-order valence-corrected chi connectivity index (χ1v) is 4.83. The van der Waals surface area contributed by atoms with Crippen LogP contribution in [0.3, 0.4) is 0 Å². The van der Waals surface area contributed by atoms with E-state index in [0.717, 1.165) is 12.2 Å². The molecular weight excluding hydrogens is 206 g/mol. The fourth-order valence-electron chi connectivity index (χ4n) is 0.964. The standard InChI is InChI=1S/C10H15N5O/c1-7(8(2)15-16)13-14-10(11)9-5-3-4-6-12-9/h3-5,12,16H,6H2,1-2H3,(H2,11,14). The van der Waals surface area contributed by atoms with Gasteiger partial charge in [-0.2, -0.15) is 5.10 Å². The summed E-state index contributed by atoms with van der Waals surface area (Å²) in [6.07, 6.45) is 5.68. The minimum Gasteiger partial charge on any atom is -0.411 e. The minimum absolute atomic E-state index is 0.300. The highest BCUT2D eigenvalue weighted by atomic mass is 16.4. The molecule has 0 saturated heterocycles. The van der Waals surface area contributed by atoms with Crippen molar-refractivity contribution in [2.45, 2.75) is 13.8 Å². The van der Waals surface area contributed by atoms with Gasteiger partial charge in [-0.1, -0.05) is 17.3 Å². The SMILES string of the molecule is CC(=NO)C(C)=NN=C(N)C1=CC=CCN1. The first kappa shape index (κ1) is 12.0. The van der Waals surface area contributed by atoms with Crippen LogP contribution < -0.4 is 11.1 Å². The monoisotopic (exact) mass is 221 g/mol. The summed E-state index contributed by atoms with van der Waals surface area (Å²) in [4.78, 5) is 0. The third-order valence-corrected chi connectivity index (χ3v) is 2.07. The zero-order valence-electron chi connectivity index (χ0n) is 9.31. The van der Waals surface area contributed by atoms with Crippen molar-refractivity contribution in [2.75, 3.05) is 6.54 Å². The third-order valence-electron chi connectivity index (χ3n) is 2.07. The predicted molar refractivity (Wildman–Crippen MR) is 64.9 cm³/mol. The number of amidine groups is 1. The molecule has 6 nitrogen and oxygen atoms in total. The van der Waals surface area contributed by atoms with Crippen molar-refractivity contribution in [1.82, 2.24) is 5.32 Å². The summed E-state index contributed by atoms with van der Waals surface area (Å²) in [5.74, 6) is 0.300. The highest BCUT2D eigenvalue weighted by Gasteiger charge is 2.03. The summed E-state index contributed by atoms with van der Waals surface area (Å²) >= 11 is 0. The highest BCUT2D eigenvalue weighted by Crippen LogP contribution is 1.97. The van der Waals surface area contributed by atoms with E-state index in [-0.39, 0.29) is 0 Å². The van der Waals surface area contributed by atoms with Crippen molar-refractivity contribution < 1.29 is 5.21 Å². The smallest absolute Gasteiger partial charge is 0.169 e. The molecule has 0 bridgehead atoms. The van der Waals surface area contributed by atoms with Crippen LogP contribution in [-0.2, 0) is 0 Å². The molecule has 6 heteroatoms. The number of nitrogens with two attached hydrogens (primary N) is 1. The van der Waals surface area contributed by atoms with Gasteiger partial charge in [0.05, 0.1) is 17.1 Å². The fourth-order valence-corrected chi connectivity index (χ4v) is 0.964. The van der Waals surface area contributed by atoms with Gasteiger partial charge in [-0.3, -0.25) is 0 Å². The first-order valence-electron chi connectivity index (χ1n) is 4.83. The predicted octanol–water partition coefficient (Wildman–Crippen LogP) is 0.613. The van der Waals surface area contributed by atoms with Crippen LogP contribution in [0.25, 0.3) is 0 Å². The Bertz CT molecular complexity index is 403. The molecule has 1 aliphatic rings. The van der Waals surface area contributed by atoms with Gasteiger partial charge in [-0.05, 0) is 19.9 Å². The average molecular weight is 221 g/mol. The maximum atomic E-state index is 8.51. The van der Waals surface area contributed by atoms with Crippen LogP contribution >= 0.6 is 0 Å². The first-order chi connectivity index (χ1) is 7.65. The van der Waals surface area contributed by atoms with E-state index in [0.29, 0.717) is 17.3 Å². The van der Waals surface area contributed by atoms with E-state index < -0.39 is 0 Å². The number of oxime groups is 1. The summed E-state index contributed by atoms with van der Waals surface area (Å²) in [6.45, 7) is 4.04. The van der Waals surface area contributed by atoms with Gasteiger partial charge in [0.1, 0.15) is 0 Å². The Hall–Kier alpha value is -2.11. The largest absolute Gasteiger partial charge is 0.411 e. The summed E-state index contributed by atoms with van der Waals surface area (Å²) in [5, 5.41) is 22.3. The Morgan fingerprint density at radius 2 is 2.12 bits per heavy atom. The quantitative estimate of drug-likeness (QED) is 0.282. The van der Waals surface area contributed by atoms with Crippen LogP contribution in [0.2, 0.25) is 0 Å². The van der Waals surface area contributed by atoms with Gasteiger partial charge in [0.25, 0.3) is 0 Å². The van der Waals surface area contributed by atoms with Crippen molar-refractivity contribution in [1.29, 1.82) is 0 Å². The van der Waals surface area contributed by atoms with Crippen LogP contribution in [0, 0.1) is 0 Å². The van der Waals surface area contributed by atoms with Crippen LogP contribution in [0.4, 0.5) is 0 Å². The minimum atomic E-state index is 0.300. The highest BCUT2D eigenvalue weighted by molar-refractivity contribution is 6.40. The molecule has 0 radical (unpaired) electrons. The number of nitrogens with zero attached hydrogens (tertiary/aromatic N) is 3. The normalized spacial score (nSPS) is 18.1. The number of hydrogen-bond donors (Lipinski definition) is 3. The lowest BCUT2D eigenvalue weighted by Crippen LogP contribution is -2.28. The van der Waals surface area contributed by atoms with E-state index >= 15 is 0 Å².